The quantitative estimate of drug-likeness (QED) is 0.382. The van der Waals surface area contributed by atoms with Crippen LogP contribution in [-0.2, 0) is 10.3 Å². The number of hydrogen-bond acceptors (Lipinski definition) is 11. The molecule has 5 rings (SSSR count). The summed E-state index contributed by atoms with van der Waals surface area (Å²) in [4.78, 5) is 15.8. The van der Waals surface area contributed by atoms with Crippen molar-refractivity contribution in [1.82, 2.24) is 34.5 Å². The number of aliphatic hydroxyl groups is 4. The van der Waals surface area contributed by atoms with Crippen molar-refractivity contribution in [2.24, 2.45) is 0 Å². The van der Waals surface area contributed by atoms with Gasteiger partial charge in [-0.3, -0.25) is 4.57 Å². The molecule has 2 saturated heterocycles. The lowest BCUT2D eigenvalue weighted by Crippen LogP contribution is -2.50. The third-order valence-corrected chi connectivity index (χ3v) is 5.87. The fourth-order valence-electron chi connectivity index (χ4n) is 4.01. The van der Waals surface area contributed by atoms with Crippen LogP contribution >= 0.6 is 0 Å². The number of rotatable bonds is 4. The molecule has 4 N–H and O–H groups in total. The Morgan fingerprint density at radius 2 is 1.84 bits per heavy atom. The lowest BCUT2D eigenvalue weighted by molar-refractivity contribution is -0.210. The minimum atomic E-state index is -1.38. The van der Waals surface area contributed by atoms with E-state index in [-0.39, 0.29) is 12.6 Å². The first-order valence-electron chi connectivity index (χ1n) is 10.5. The van der Waals surface area contributed by atoms with Gasteiger partial charge in [0.05, 0.1) is 19.1 Å². The number of nitrogens with zero attached hydrogens (tertiary/aromatic N) is 8. The summed E-state index contributed by atoms with van der Waals surface area (Å²) in [6.45, 7) is 4.71. The van der Waals surface area contributed by atoms with Crippen molar-refractivity contribution in [3.8, 4) is 5.95 Å². The molecule has 13 nitrogen and oxygen atoms in total. The Morgan fingerprint density at radius 1 is 1.09 bits per heavy atom. The molecule has 172 valence electrons. The predicted octanol–water partition coefficient (Wildman–Crippen LogP) is -1.15. The molecule has 3 aromatic rings. The van der Waals surface area contributed by atoms with Crippen LogP contribution in [0.3, 0.4) is 0 Å². The maximum Gasteiger partial charge on any atom is 0.256 e. The van der Waals surface area contributed by atoms with Crippen LogP contribution in [0.4, 0.5) is 5.82 Å². The van der Waals surface area contributed by atoms with E-state index in [2.05, 4.69) is 30.2 Å². The van der Waals surface area contributed by atoms with Crippen LogP contribution in [-0.4, -0.2) is 92.9 Å². The first kappa shape index (κ1) is 21.2. The molecule has 0 amide bonds. The Kier molecular flexibility index (Phi) is 5.09. The van der Waals surface area contributed by atoms with Crippen LogP contribution in [0.5, 0.6) is 0 Å². The normalized spacial score (nSPS) is 26.9. The summed E-state index contributed by atoms with van der Waals surface area (Å²) < 4.78 is 8.50. The molecule has 2 aliphatic heterocycles. The van der Waals surface area contributed by atoms with Crippen molar-refractivity contribution in [3.63, 3.8) is 0 Å². The molecule has 32 heavy (non-hydrogen) atoms. The average molecular weight is 446 g/mol. The third-order valence-electron chi connectivity index (χ3n) is 5.87. The largest absolute Gasteiger partial charge is 0.388 e. The van der Waals surface area contributed by atoms with E-state index < -0.39 is 30.1 Å². The van der Waals surface area contributed by atoms with Crippen LogP contribution in [0.1, 0.15) is 38.6 Å². The van der Waals surface area contributed by atoms with E-state index in [9.17, 15) is 20.4 Å². The van der Waals surface area contributed by atoms with Crippen LogP contribution in [0.2, 0.25) is 0 Å². The minimum absolute atomic E-state index is 0.141. The van der Waals surface area contributed by atoms with Gasteiger partial charge in [-0.05, 0) is 26.7 Å². The zero-order valence-corrected chi connectivity index (χ0v) is 17.8. The number of aromatic nitrogens is 7. The van der Waals surface area contributed by atoms with Crippen molar-refractivity contribution >= 4 is 17.0 Å². The minimum Gasteiger partial charge on any atom is -0.388 e. The Bertz CT molecular complexity index is 1120. The molecule has 4 atom stereocenters. The molecule has 3 aromatic heterocycles. The fourth-order valence-corrected chi connectivity index (χ4v) is 4.01. The summed E-state index contributed by atoms with van der Waals surface area (Å²) >= 11 is 0. The first-order valence-corrected chi connectivity index (χ1v) is 10.5. The predicted molar refractivity (Wildman–Crippen MR) is 110 cm³/mol. The summed E-state index contributed by atoms with van der Waals surface area (Å²) in [5.41, 5.74) is 0.0826. The van der Waals surface area contributed by atoms with E-state index in [1.165, 1.54) is 15.6 Å². The van der Waals surface area contributed by atoms with Gasteiger partial charge in [0.2, 0.25) is 0 Å². The van der Waals surface area contributed by atoms with Gasteiger partial charge in [0.1, 0.15) is 29.6 Å². The van der Waals surface area contributed by atoms with Crippen molar-refractivity contribution in [2.45, 2.75) is 56.8 Å². The Labute approximate surface area is 182 Å². The van der Waals surface area contributed by atoms with Crippen molar-refractivity contribution in [2.75, 3.05) is 24.6 Å². The SMILES string of the molecule is CC(C)(O)c1cn(-c2nc(N3CCCC3)c3ncn([C@H]4OC[C@@H](O)[C@@H](O)[C@@H]4O)c3n2)nn1. The van der Waals surface area contributed by atoms with Crippen molar-refractivity contribution < 1.29 is 25.2 Å². The second kappa shape index (κ2) is 7.71. The van der Waals surface area contributed by atoms with Gasteiger partial charge in [-0.1, -0.05) is 5.21 Å². The van der Waals surface area contributed by atoms with Gasteiger partial charge in [0.25, 0.3) is 5.95 Å². The number of fused-ring (bicyclic) bond motifs is 1. The molecule has 0 spiro atoms. The standard InChI is InChI=1S/C19H26N8O5/c1-19(2,31)11-7-27(24-23-11)18-21-15(25-5-3-4-6-25)12-16(22-18)26(9-20-12)17-14(30)13(29)10(28)8-32-17/h7,9-10,13-14,17,28-31H,3-6,8H2,1-2H3/t10-,13-,14+,17+/m1/s1. The Hall–Kier alpha value is -2.71. The zero-order valence-electron chi connectivity index (χ0n) is 17.8. The second-order valence-electron chi connectivity index (χ2n) is 8.75. The van der Waals surface area contributed by atoms with E-state index in [0.717, 1.165) is 25.9 Å². The van der Waals surface area contributed by atoms with E-state index in [1.54, 1.807) is 20.0 Å². The van der Waals surface area contributed by atoms with E-state index in [4.69, 9.17) is 4.74 Å². The van der Waals surface area contributed by atoms with Crippen molar-refractivity contribution in [3.05, 3.63) is 18.2 Å². The van der Waals surface area contributed by atoms with E-state index in [1.807, 2.05) is 0 Å². The van der Waals surface area contributed by atoms with Crippen molar-refractivity contribution in [1.29, 1.82) is 0 Å². The highest BCUT2D eigenvalue weighted by Crippen LogP contribution is 2.31. The molecule has 5 heterocycles. The summed E-state index contributed by atoms with van der Waals surface area (Å²) in [6, 6.07) is 0. The number of hydrogen-bond donors (Lipinski definition) is 4. The molecular weight excluding hydrogens is 420 g/mol. The number of ether oxygens (including phenoxy) is 1. The van der Waals surface area contributed by atoms with Gasteiger partial charge in [0.15, 0.2) is 23.2 Å². The van der Waals surface area contributed by atoms with Crippen LogP contribution in [0.15, 0.2) is 12.5 Å². The maximum atomic E-state index is 10.5. The summed E-state index contributed by atoms with van der Waals surface area (Å²) in [5.74, 6) is 0.836. The number of aliphatic hydroxyl groups excluding tert-OH is 3. The summed E-state index contributed by atoms with van der Waals surface area (Å²) in [5, 5.41) is 48.8. The molecule has 2 fully saturated rings. The van der Waals surface area contributed by atoms with Crippen LogP contribution in [0.25, 0.3) is 17.1 Å². The van der Waals surface area contributed by atoms with Crippen LogP contribution in [0, 0.1) is 0 Å². The van der Waals surface area contributed by atoms with E-state index in [0.29, 0.717) is 22.7 Å². The Balaban J connectivity index is 1.64. The second-order valence-corrected chi connectivity index (χ2v) is 8.75. The molecule has 0 saturated carbocycles. The van der Waals surface area contributed by atoms with Gasteiger partial charge in [-0.15, -0.1) is 5.10 Å². The van der Waals surface area contributed by atoms with Gasteiger partial charge < -0.3 is 30.1 Å². The molecule has 0 radical (unpaired) electrons. The molecule has 2 aliphatic rings. The molecule has 0 unspecified atom stereocenters. The van der Waals surface area contributed by atoms with Gasteiger partial charge in [-0.25, -0.2) is 4.98 Å². The van der Waals surface area contributed by atoms with Gasteiger partial charge >= 0.3 is 0 Å². The first-order chi connectivity index (χ1) is 15.2. The third kappa shape index (κ3) is 3.51. The Morgan fingerprint density at radius 3 is 2.53 bits per heavy atom. The average Bonchev–Trinajstić information content (AvgIpc) is 3.51. The summed E-state index contributed by atoms with van der Waals surface area (Å²) in [7, 11) is 0. The maximum absolute atomic E-state index is 10.5. The highest BCUT2D eigenvalue weighted by molar-refractivity contribution is 5.84. The number of imidazole rings is 1. The van der Waals surface area contributed by atoms with Gasteiger partial charge in [0, 0.05) is 13.1 Å². The lowest BCUT2D eigenvalue weighted by atomic mass is 10.0. The molecule has 0 aromatic carbocycles. The molecule has 0 bridgehead atoms. The highest BCUT2D eigenvalue weighted by Gasteiger charge is 2.39. The summed E-state index contributed by atoms with van der Waals surface area (Å²) in [6.07, 6.45) is 0.178. The zero-order chi connectivity index (χ0) is 22.6. The lowest BCUT2D eigenvalue weighted by Gasteiger charge is -2.35. The van der Waals surface area contributed by atoms with Gasteiger partial charge in [-0.2, -0.15) is 14.6 Å². The topological polar surface area (TPSA) is 168 Å². The van der Waals surface area contributed by atoms with E-state index >= 15 is 0 Å². The molecule has 13 heteroatoms. The number of anilines is 1. The van der Waals surface area contributed by atoms with Crippen LogP contribution < -0.4 is 4.90 Å². The smallest absolute Gasteiger partial charge is 0.256 e. The fraction of sp³-hybridized carbons (Fsp3) is 0.632. The molecule has 0 aliphatic carbocycles. The molecular formula is C19H26N8O5. The highest BCUT2D eigenvalue weighted by atomic mass is 16.5. The monoisotopic (exact) mass is 446 g/mol.